The zero-order valence-corrected chi connectivity index (χ0v) is 12.1. The maximum Gasteiger partial charge on any atom is 0.126 e. The first-order valence-electron chi connectivity index (χ1n) is 7.05. The van der Waals surface area contributed by atoms with Crippen LogP contribution in [0.1, 0.15) is 25.3 Å². The number of likely N-dealkylation sites (N-methyl/N-ethyl adjacent to an activating group) is 2. The fraction of sp³-hybridized carbons (Fsp3) is 0.562. The van der Waals surface area contributed by atoms with E-state index in [0.717, 1.165) is 25.8 Å². The van der Waals surface area contributed by atoms with Crippen LogP contribution in [0.2, 0.25) is 0 Å². The highest BCUT2D eigenvalue weighted by molar-refractivity contribution is 5.48. The lowest BCUT2D eigenvalue weighted by Gasteiger charge is -2.32. The first-order chi connectivity index (χ1) is 9.15. The summed E-state index contributed by atoms with van der Waals surface area (Å²) >= 11 is 0. The molecular formula is C16H23N3. The summed E-state index contributed by atoms with van der Waals surface area (Å²) in [6.07, 6.45) is 3.39. The number of hydrogen-bond donors (Lipinski definition) is 1. The van der Waals surface area contributed by atoms with Gasteiger partial charge in [-0.25, -0.2) is 0 Å². The number of anilines is 1. The maximum absolute atomic E-state index is 9.53. The summed E-state index contributed by atoms with van der Waals surface area (Å²) in [5.41, 5.74) is 2.12. The number of aryl methyl sites for hydroxylation is 1. The van der Waals surface area contributed by atoms with Gasteiger partial charge in [-0.3, -0.25) is 0 Å². The van der Waals surface area contributed by atoms with E-state index in [2.05, 4.69) is 54.5 Å². The van der Waals surface area contributed by atoms with Crippen molar-refractivity contribution >= 4 is 5.69 Å². The molecule has 1 N–H and O–H groups in total. The highest BCUT2D eigenvalue weighted by Crippen LogP contribution is 2.40. The Morgan fingerprint density at radius 2 is 2.00 bits per heavy atom. The molecule has 0 saturated heterocycles. The molecule has 2 rings (SSSR count). The standard InChI is InChI=1S/C16H23N3/c1-4-13-5-9-15(10-6-13)19(3)12-16(11-17,18-2)14-7-8-14/h5-6,9-10,14,18H,4,7-8,12H2,1-3H3. The Balaban J connectivity index is 2.10. The molecule has 1 fully saturated rings. The summed E-state index contributed by atoms with van der Waals surface area (Å²) in [6, 6.07) is 11.1. The Hall–Kier alpha value is -1.53. The molecule has 0 amide bonds. The van der Waals surface area contributed by atoms with Crippen LogP contribution >= 0.6 is 0 Å². The van der Waals surface area contributed by atoms with Gasteiger partial charge in [-0.15, -0.1) is 0 Å². The van der Waals surface area contributed by atoms with Crippen LogP contribution < -0.4 is 10.2 Å². The lowest BCUT2D eigenvalue weighted by atomic mass is 9.94. The molecule has 19 heavy (non-hydrogen) atoms. The van der Waals surface area contributed by atoms with E-state index in [1.807, 2.05) is 7.05 Å². The van der Waals surface area contributed by atoms with Gasteiger partial charge in [0, 0.05) is 19.3 Å². The predicted molar refractivity (Wildman–Crippen MR) is 79.2 cm³/mol. The zero-order valence-electron chi connectivity index (χ0n) is 12.1. The van der Waals surface area contributed by atoms with E-state index in [1.165, 1.54) is 11.3 Å². The summed E-state index contributed by atoms with van der Waals surface area (Å²) in [7, 11) is 3.96. The van der Waals surface area contributed by atoms with Gasteiger partial charge >= 0.3 is 0 Å². The van der Waals surface area contributed by atoms with Crippen LogP contribution in [-0.2, 0) is 6.42 Å². The molecule has 0 aromatic heterocycles. The van der Waals surface area contributed by atoms with Crippen LogP contribution in [0.5, 0.6) is 0 Å². The highest BCUT2D eigenvalue weighted by Gasteiger charge is 2.45. The Morgan fingerprint density at radius 1 is 1.37 bits per heavy atom. The molecule has 3 heteroatoms. The van der Waals surface area contributed by atoms with E-state index in [1.54, 1.807) is 0 Å². The minimum absolute atomic E-state index is 0.405. The fourth-order valence-corrected chi connectivity index (χ4v) is 2.62. The molecule has 1 aliphatic carbocycles. The Bertz CT molecular complexity index is 456. The van der Waals surface area contributed by atoms with E-state index in [-0.39, 0.29) is 0 Å². The molecule has 0 bridgehead atoms. The molecule has 102 valence electrons. The molecule has 0 heterocycles. The SMILES string of the molecule is CCc1ccc(N(C)CC(C#N)(NC)C2CC2)cc1. The van der Waals surface area contributed by atoms with Gasteiger partial charge in [0.15, 0.2) is 0 Å². The third-order valence-electron chi connectivity index (χ3n) is 4.19. The van der Waals surface area contributed by atoms with E-state index in [0.29, 0.717) is 5.92 Å². The molecule has 1 aliphatic rings. The van der Waals surface area contributed by atoms with E-state index in [9.17, 15) is 5.26 Å². The van der Waals surface area contributed by atoms with Crippen LogP contribution in [0.4, 0.5) is 5.69 Å². The molecule has 1 atom stereocenters. The molecule has 1 aromatic carbocycles. The van der Waals surface area contributed by atoms with Gasteiger partial charge < -0.3 is 10.2 Å². The van der Waals surface area contributed by atoms with Crippen LogP contribution in [-0.4, -0.2) is 26.2 Å². The first-order valence-corrected chi connectivity index (χ1v) is 7.05. The normalized spacial score (nSPS) is 17.6. The number of nitrogens with one attached hydrogen (secondary N) is 1. The second-order valence-electron chi connectivity index (χ2n) is 5.48. The van der Waals surface area contributed by atoms with Crippen molar-refractivity contribution in [2.24, 2.45) is 5.92 Å². The minimum Gasteiger partial charge on any atom is -0.372 e. The molecule has 3 nitrogen and oxygen atoms in total. The van der Waals surface area contributed by atoms with Crippen LogP contribution in [0.15, 0.2) is 24.3 Å². The summed E-state index contributed by atoms with van der Waals surface area (Å²) in [6.45, 7) is 2.89. The van der Waals surface area contributed by atoms with Crippen LogP contribution in [0, 0.1) is 17.2 Å². The van der Waals surface area contributed by atoms with Crippen molar-refractivity contribution in [2.45, 2.75) is 31.7 Å². The van der Waals surface area contributed by atoms with E-state index < -0.39 is 5.54 Å². The van der Waals surface area contributed by atoms with E-state index in [4.69, 9.17) is 0 Å². The largest absolute Gasteiger partial charge is 0.372 e. The third kappa shape index (κ3) is 2.90. The smallest absolute Gasteiger partial charge is 0.126 e. The number of benzene rings is 1. The molecule has 0 radical (unpaired) electrons. The average molecular weight is 257 g/mol. The number of nitrogens with zero attached hydrogens (tertiary/aromatic N) is 2. The van der Waals surface area contributed by atoms with Crippen molar-refractivity contribution in [3.8, 4) is 6.07 Å². The molecule has 0 aliphatic heterocycles. The lowest BCUT2D eigenvalue weighted by molar-refractivity contribution is 0.398. The van der Waals surface area contributed by atoms with Crippen molar-refractivity contribution in [2.75, 3.05) is 25.5 Å². The van der Waals surface area contributed by atoms with Crippen molar-refractivity contribution < 1.29 is 0 Å². The van der Waals surface area contributed by atoms with Crippen molar-refractivity contribution in [3.05, 3.63) is 29.8 Å². The number of hydrogen-bond acceptors (Lipinski definition) is 3. The topological polar surface area (TPSA) is 39.1 Å². The van der Waals surface area contributed by atoms with Gasteiger partial charge in [0.1, 0.15) is 5.54 Å². The Kier molecular flexibility index (Phi) is 4.11. The third-order valence-corrected chi connectivity index (χ3v) is 4.19. The van der Waals surface area contributed by atoms with Gasteiger partial charge in [0.2, 0.25) is 0 Å². The Morgan fingerprint density at radius 3 is 2.42 bits per heavy atom. The van der Waals surface area contributed by atoms with Crippen molar-refractivity contribution in [1.29, 1.82) is 5.26 Å². The summed E-state index contributed by atoms with van der Waals surface area (Å²) < 4.78 is 0. The quantitative estimate of drug-likeness (QED) is 0.851. The molecule has 0 spiro atoms. The molecular weight excluding hydrogens is 234 g/mol. The van der Waals surface area contributed by atoms with Gasteiger partial charge in [-0.05, 0) is 49.9 Å². The van der Waals surface area contributed by atoms with Crippen molar-refractivity contribution in [3.63, 3.8) is 0 Å². The Labute approximate surface area is 116 Å². The molecule has 1 saturated carbocycles. The summed E-state index contributed by atoms with van der Waals surface area (Å²) in [5, 5.41) is 12.8. The van der Waals surface area contributed by atoms with Gasteiger partial charge in [0.25, 0.3) is 0 Å². The summed E-state index contributed by atoms with van der Waals surface area (Å²) in [5.74, 6) is 0.500. The lowest BCUT2D eigenvalue weighted by Crippen LogP contribution is -2.52. The maximum atomic E-state index is 9.53. The average Bonchev–Trinajstić information content (AvgIpc) is 3.30. The van der Waals surface area contributed by atoms with Gasteiger partial charge in [-0.2, -0.15) is 5.26 Å². The predicted octanol–water partition coefficient (Wildman–Crippen LogP) is 2.58. The second-order valence-corrected chi connectivity index (χ2v) is 5.48. The van der Waals surface area contributed by atoms with Crippen LogP contribution in [0.3, 0.4) is 0 Å². The molecule has 1 aromatic rings. The van der Waals surface area contributed by atoms with Gasteiger partial charge in [-0.1, -0.05) is 19.1 Å². The zero-order chi connectivity index (χ0) is 13.9. The second kappa shape index (κ2) is 5.63. The van der Waals surface area contributed by atoms with E-state index >= 15 is 0 Å². The van der Waals surface area contributed by atoms with Gasteiger partial charge in [0.05, 0.1) is 6.07 Å². The fourth-order valence-electron chi connectivity index (χ4n) is 2.62. The highest BCUT2D eigenvalue weighted by atomic mass is 15.2. The first kappa shape index (κ1) is 13.9. The van der Waals surface area contributed by atoms with Crippen LogP contribution in [0.25, 0.3) is 0 Å². The molecule has 1 unspecified atom stereocenters. The monoisotopic (exact) mass is 257 g/mol. The number of nitriles is 1. The minimum atomic E-state index is -0.405. The number of rotatable bonds is 6. The summed E-state index contributed by atoms with van der Waals surface area (Å²) in [4.78, 5) is 2.18. The van der Waals surface area contributed by atoms with Crippen molar-refractivity contribution in [1.82, 2.24) is 5.32 Å².